The molecular weight excluding hydrogens is 364 g/mol. The molecule has 2 heterocycles. The number of nitrogens with one attached hydrogen (secondary N) is 1. The van der Waals surface area contributed by atoms with E-state index in [0.717, 1.165) is 37.2 Å². The molecule has 0 aliphatic heterocycles. The molecule has 0 amide bonds. The van der Waals surface area contributed by atoms with E-state index in [4.69, 9.17) is 10.0 Å². The Bertz CT molecular complexity index is 648. The highest BCUT2D eigenvalue weighted by Gasteiger charge is 2.10. The van der Waals surface area contributed by atoms with Gasteiger partial charge in [-0.3, -0.25) is 4.98 Å². The lowest BCUT2D eigenvalue weighted by Crippen LogP contribution is -2.06. The van der Waals surface area contributed by atoms with E-state index in [1.807, 2.05) is 71.3 Å². The van der Waals surface area contributed by atoms with Crippen molar-refractivity contribution >= 4 is 12.9 Å². The molecule has 0 fully saturated rings. The van der Waals surface area contributed by atoms with E-state index in [1.165, 1.54) is 19.2 Å². The number of hydroxylamine groups is 1. The van der Waals surface area contributed by atoms with Gasteiger partial charge in [-0.15, -0.1) is 0 Å². The van der Waals surface area contributed by atoms with Crippen LogP contribution in [0.25, 0.3) is 6.08 Å². The number of aryl methyl sites for hydroxylation is 2. The fraction of sp³-hybridized carbons (Fsp3) is 0.435. The van der Waals surface area contributed by atoms with Gasteiger partial charge in [-0.1, -0.05) is 38.1 Å². The minimum absolute atomic E-state index is 0.965. The van der Waals surface area contributed by atoms with Crippen LogP contribution in [0.2, 0.25) is 0 Å². The average Bonchev–Trinajstić information content (AvgIpc) is 3.02. The molecule has 0 spiro atoms. The van der Waals surface area contributed by atoms with Crippen molar-refractivity contribution < 1.29 is 10.0 Å². The predicted molar refractivity (Wildman–Crippen MR) is 122 cm³/mol. The summed E-state index contributed by atoms with van der Waals surface area (Å²) < 4.78 is 2.28. The van der Waals surface area contributed by atoms with Crippen LogP contribution < -0.4 is 5.48 Å². The van der Waals surface area contributed by atoms with Crippen molar-refractivity contribution in [1.82, 2.24) is 20.0 Å². The van der Waals surface area contributed by atoms with Crippen LogP contribution in [0.5, 0.6) is 0 Å². The number of rotatable bonds is 3. The van der Waals surface area contributed by atoms with Crippen molar-refractivity contribution in [2.24, 2.45) is 0 Å². The first-order valence-electron chi connectivity index (χ1n) is 10.0. The first-order valence-corrected chi connectivity index (χ1v) is 10.0. The Hall–Kier alpha value is -2.57. The minimum Gasteiger partial charge on any atom is -0.334 e. The van der Waals surface area contributed by atoms with Crippen LogP contribution in [0.4, 0.5) is 0 Å². The van der Waals surface area contributed by atoms with E-state index < -0.39 is 0 Å². The number of fused-ring (bicyclic) bond motifs is 1. The Labute approximate surface area is 176 Å². The number of aromatic nitrogens is 3. The van der Waals surface area contributed by atoms with Gasteiger partial charge in [0.2, 0.25) is 0 Å². The first kappa shape index (κ1) is 28.6. The number of imidazole rings is 1. The van der Waals surface area contributed by atoms with Gasteiger partial charge in [0.15, 0.2) is 0 Å². The van der Waals surface area contributed by atoms with Crippen LogP contribution in [0.3, 0.4) is 0 Å². The number of hydrogen-bond donors (Lipinski definition) is 2. The van der Waals surface area contributed by atoms with Crippen LogP contribution in [-0.4, -0.2) is 33.6 Å². The second-order valence-corrected chi connectivity index (χ2v) is 5.53. The molecule has 0 aromatic carbocycles. The lowest BCUT2D eigenvalue weighted by atomic mass is 10.2. The summed E-state index contributed by atoms with van der Waals surface area (Å²) in [7, 11) is 1.43. The standard InChI is InChI=1S/C15H17N3.C4H8.C2H6.CH5NO.CH2O/c1-2-7-14-15(8-3-1)18(12-17-14)11-9-13-6-4-5-10-16-13;1-3-4-2;1-2;1-2-3;1-2/h2,4-7,10,12H,1,3,8-9,11H2;3-4H,1-2H3;1-2H3;2-3H,1H3;1H2/b;4-3+;;;. The van der Waals surface area contributed by atoms with Crippen molar-refractivity contribution in [3.05, 3.63) is 66.0 Å². The number of hydrogen-bond acceptors (Lipinski definition) is 5. The zero-order chi connectivity index (χ0) is 22.3. The van der Waals surface area contributed by atoms with Crippen molar-refractivity contribution in [1.29, 1.82) is 0 Å². The van der Waals surface area contributed by atoms with Gasteiger partial charge >= 0.3 is 0 Å². The van der Waals surface area contributed by atoms with E-state index in [9.17, 15) is 0 Å². The smallest absolute Gasteiger partial charge is 0.106 e. The predicted octanol–water partition coefficient (Wildman–Crippen LogP) is 4.89. The second-order valence-electron chi connectivity index (χ2n) is 5.53. The lowest BCUT2D eigenvalue weighted by molar-refractivity contribution is -0.0979. The van der Waals surface area contributed by atoms with Crippen LogP contribution in [0.15, 0.2) is 49.0 Å². The Morgan fingerprint density at radius 3 is 2.41 bits per heavy atom. The molecule has 1 aliphatic rings. The highest BCUT2D eigenvalue weighted by atomic mass is 16.5. The largest absolute Gasteiger partial charge is 0.334 e. The summed E-state index contributed by atoms with van der Waals surface area (Å²) in [6, 6.07) is 6.08. The highest BCUT2D eigenvalue weighted by molar-refractivity contribution is 5.48. The monoisotopic (exact) mass is 402 g/mol. The SMILES string of the molecule is C/C=C/C.C1=Cc2ncn(CCc3ccccn3)c2CCC1.C=O.CC.CNO. The molecule has 2 aromatic rings. The molecule has 6 nitrogen and oxygen atoms in total. The number of allylic oxidation sites excluding steroid dienone is 3. The highest BCUT2D eigenvalue weighted by Crippen LogP contribution is 2.17. The normalized spacial score (nSPS) is 11.1. The third-order valence-electron chi connectivity index (χ3n) is 3.71. The summed E-state index contributed by atoms with van der Waals surface area (Å²) in [6.45, 7) is 11.0. The molecule has 162 valence electrons. The molecule has 0 radical (unpaired) electrons. The van der Waals surface area contributed by atoms with Crippen LogP contribution in [0.1, 0.15) is 57.6 Å². The summed E-state index contributed by atoms with van der Waals surface area (Å²) in [4.78, 5) is 16.8. The summed E-state index contributed by atoms with van der Waals surface area (Å²) >= 11 is 0. The van der Waals surface area contributed by atoms with Crippen LogP contribution in [-0.2, 0) is 24.2 Å². The molecule has 0 saturated heterocycles. The van der Waals surface area contributed by atoms with Gasteiger partial charge in [-0.05, 0) is 51.3 Å². The molecule has 2 N–H and O–H groups in total. The summed E-state index contributed by atoms with van der Waals surface area (Å²) in [5.41, 5.74) is 5.41. The van der Waals surface area contributed by atoms with Crippen molar-refractivity contribution in [2.75, 3.05) is 7.05 Å². The molecule has 29 heavy (non-hydrogen) atoms. The maximum atomic E-state index is 8.00. The van der Waals surface area contributed by atoms with Crippen molar-refractivity contribution in [3.63, 3.8) is 0 Å². The third-order valence-corrected chi connectivity index (χ3v) is 3.71. The Balaban J connectivity index is 0. The molecule has 1 aliphatic carbocycles. The first-order chi connectivity index (χ1) is 14.3. The number of carbonyl (C=O) groups excluding carboxylic acids is 1. The van der Waals surface area contributed by atoms with E-state index in [1.54, 1.807) is 5.48 Å². The van der Waals surface area contributed by atoms with E-state index >= 15 is 0 Å². The zero-order valence-electron chi connectivity index (χ0n) is 18.6. The Morgan fingerprint density at radius 2 is 1.86 bits per heavy atom. The molecule has 0 bridgehead atoms. The molecular formula is C23H38N4O2. The second kappa shape index (κ2) is 21.7. The molecule has 0 unspecified atom stereocenters. The van der Waals surface area contributed by atoms with E-state index in [0.29, 0.717) is 0 Å². The quantitative estimate of drug-likeness (QED) is 0.564. The summed E-state index contributed by atoms with van der Waals surface area (Å²) in [5, 5.41) is 7.32. The fourth-order valence-electron chi connectivity index (χ4n) is 2.39. The van der Waals surface area contributed by atoms with Gasteiger partial charge in [0.1, 0.15) is 6.79 Å². The lowest BCUT2D eigenvalue weighted by Gasteiger charge is -2.07. The van der Waals surface area contributed by atoms with Crippen molar-refractivity contribution in [2.45, 2.75) is 59.9 Å². The maximum absolute atomic E-state index is 8.00. The van der Waals surface area contributed by atoms with Gasteiger partial charge in [0.25, 0.3) is 0 Å². The average molecular weight is 403 g/mol. The van der Waals surface area contributed by atoms with Crippen LogP contribution >= 0.6 is 0 Å². The van der Waals surface area contributed by atoms with Crippen LogP contribution in [0, 0.1) is 0 Å². The van der Waals surface area contributed by atoms with Gasteiger partial charge < -0.3 is 14.6 Å². The van der Waals surface area contributed by atoms with Gasteiger partial charge in [-0.25, -0.2) is 10.5 Å². The number of nitrogens with zero attached hydrogens (tertiary/aromatic N) is 3. The molecule has 6 heteroatoms. The molecule has 0 saturated carbocycles. The summed E-state index contributed by atoms with van der Waals surface area (Å²) in [5.74, 6) is 0. The number of carbonyl (C=O) groups is 1. The maximum Gasteiger partial charge on any atom is 0.106 e. The van der Waals surface area contributed by atoms with Gasteiger partial charge in [0, 0.05) is 37.6 Å². The number of pyridine rings is 1. The zero-order valence-corrected chi connectivity index (χ0v) is 18.6. The fourth-order valence-corrected chi connectivity index (χ4v) is 2.39. The molecule has 0 atom stereocenters. The molecule has 2 aromatic heterocycles. The Morgan fingerprint density at radius 1 is 1.21 bits per heavy atom. The minimum atomic E-state index is 0.965. The third kappa shape index (κ3) is 13.3. The Kier molecular flexibility index (Phi) is 21.5. The van der Waals surface area contributed by atoms with Gasteiger partial charge in [-0.2, -0.15) is 0 Å². The summed E-state index contributed by atoms with van der Waals surface area (Å²) in [6.07, 6.45) is 16.7. The molecule has 3 rings (SSSR count). The van der Waals surface area contributed by atoms with E-state index in [-0.39, 0.29) is 0 Å². The van der Waals surface area contributed by atoms with Gasteiger partial charge in [0.05, 0.1) is 12.0 Å². The van der Waals surface area contributed by atoms with Crippen molar-refractivity contribution in [3.8, 4) is 0 Å². The topological polar surface area (TPSA) is 80.0 Å². The van der Waals surface area contributed by atoms with E-state index in [2.05, 4.69) is 32.8 Å².